The van der Waals surface area contributed by atoms with Crippen LogP contribution in [-0.4, -0.2) is 48.7 Å². The molecule has 5 heteroatoms. The molecule has 1 aromatic rings. The quantitative estimate of drug-likeness (QED) is 0.485. The molecule has 0 saturated carbocycles. The Bertz CT molecular complexity index is 528. The summed E-state index contributed by atoms with van der Waals surface area (Å²) in [6, 6.07) is 10.7. The highest BCUT2D eigenvalue weighted by atomic mass is 32.2. The molecule has 0 amide bonds. The molecule has 1 aromatic carbocycles. The first kappa shape index (κ1) is 19.4. The maximum atomic E-state index is 11.5. The molecule has 0 aliphatic heterocycles. The smallest absolute Gasteiger partial charge is 0.175 e. The summed E-state index contributed by atoms with van der Waals surface area (Å²) in [5.41, 5.74) is 1.20. The Labute approximate surface area is 138 Å². The van der Waals surface area contributed by atoms with Crippen LogP contribution in [0.5, 0.6) is 0 Å². The van der Waals surface area contributed by atoms with Crippen LogP contribution in [0.2, 0.25) is 12.1 Å². The second kappa shape index (κ2) is 9.48. The number of hydrogen-bond donors (Lipinski definition) is 0. The van der Waals surface area contributed by atoms with Gasteiger partial charge in [-0.05, 0) is 51.1 Å². The summed E-state index contributed by atoms with van der Waals surface area (Å²) in [5.74, 6) is 0. The molecule has 0 N–H and O–H groups in total. The van der Waals surface area contributed by atoms with Gasteiger partial charge >= 0.3 is 0 Å². The fourth-order valence-electron chi connectivity index (χ4n) is 2.55. The fraction of sp³-hybridized carbons (Fsp3) is 0.647. The van der Waals surface area contributed by atoms with Crippen molar-refractivity contribution in [2.75, 3.05) is 19.8 Å². The van der Waals surface area contributed by atoms with E-state index in [-0.39, 0.29) is 9.52 Å². The highest BCUT2D eigenvalue weighted by molar-refractivity contribution is 7.90. The average molecular weight is 342 g/mol. The minimum Gasteiger partial charge on any atom is -0.303 e. The molecule has 1 atom stereocenters. The van der Waals surface area contributed by atoms with Crippen molar-refractivity contribution in [1.29, 1.82) is 0 Å². The SMILES string of the molecule is CCC[SiH2]CCCN(C)C(C)Cc1ccc(S(C)(=O)=O)cc1. The van der Waals surface area contributed by atoms with Crippen LogP contribution in [-0.2, 0) is 16.3 Å². The van der Waals surface area contributed by atoms with Gasteiger partial charge < -0.3 is 4.90 Å². The Morgan fingerprint density at radius 3 is 2.36 bits per heavy atom. The third-order valence-electron chi connectivity index (χ3n) is 4.25. The number of likely N-dealkylation sites (N-methyl/N-ethyl adjacent to an activating group) is 1. The van der Waals surface area contributed by atoms with E-state index in [0.29, 0.717) is 10.9 Å². The Morgan fingerprint density at radius 2 is 1.82 bits per heavy atom. The summed E-state index contributed by atoms with van der Waals surface area (Å²) in [4.78, 5) is 2.82. The zero-order valence-corrected chi connectivity index (χ0v) is 16.7. The van der Waals surface area contributed by atoms with Crippen LogP contribution in [0.3, 0.4) is 0 Å². The lowest BCUT2D eigenvalue weighted by atomic mass is 10.1. The second-order valence-electron chi connectivity index (χ2n) is 6.36. The van der Waals surface area contributed by atoms with E-state index < -0.39 is 9.84 Å². The summed E-state index contributed by atoms with van der Waals surface area (Å²) in [5, 5.41) is 0. The van der Waals surface area contributed by atoms with E-state index in [0.717, 1.165) is 6.42 Å². The van der Waals surface area contributed by atoms with Crippen molar-refractivity contribution in [1.82, 2.24) is 4.90 Å². The fourth-order valence-corrected chi connectivity index (χ4v) is 4.62. The molecule has 0 aliphatic rings. The Kier molecular flexibility index (Phi) is 8.36. The normalized spacial score (nSPS) is 14.0. The molecule has 0 heterocycles. The summed E-state index contributed by atoms with van der Waals surface area (Å²) >= 11 is 0. The van der Waals surface area contributed by atoms with Crippen molar-refractivity contribution in [3.63, 3.8) is 0 Å². The standard InChI is InChI=1S/C17H31NO2SSi/c1-5-12-22-13-6-11-18(3)15(2)14-16-7-9-17(10-8-16)21(4,19)20/h7-10,15H,5-6,11-14,22H2,1-4H3. The van der Waals surface area contributed by atoms with Gasteiger partial charge in [0.05, 0.1) is 4.90 Å². The lowest BCUT2D eigenvalue weighted by Crippen LogP contribution is -2.31. The predicted octanol–water partition coefficient (Wildman–Crippen LogP) is 2.76. The van der Waals surface area contributed by atoms with Crippen LogP contribution in [0, 0.1) is 0 Å². The van der Waals surface area contributed by atoms with Gasteiger partial charge in [0.2, 0.25) is 0 Å². The van der Waals surface area contributed by atoms with E-state index >= 15 is 0 Å². The predicted molar refractivity (Wildman–Crippen MR) is 98.4 cm³/mol. The Balaban J connectivity index is 2.42. The molecule has 0 fully saturated rings. The minimum atomic E-state index is -3.09. The monoisotopic (exact) mass is 341 g/mol. The van der Waals surface area contributed by atoms with Crippen LogP contribution in [0.25, 0.3) is 0 Å². The van der Waals surface area contributed by atoms with E-state index in [2.05, 4.69) is 25.8 Å². The molecule has 126 valence electrons. The summed E-state index contributed by atoms with van der Waals surface area (Å²) in [6.07, 6.45) is 4.88. The first-order valence-corrected chi connectivity index (χ1v) is 12.2. The molecule has 0 aromatic heterocycles. The van der Waals surface area contributed by atoms with Gasteiger partial charge in [-0.2, -0.15) is 0 Å². The van der Waals surface area contributed by atoms with E-state index in [9.17, 15) is 8.42 Å². The van der Waals surface area contributed by atoms with Crippen molar-refractivity contribution in [3.8, 4) is 0 Å². The highest BCUT2D eigenvalue weighted by Crippen LogP contribution is 2.13. The molecule has 0 bridgehead atoms. The van der Waals surface area contributed by atoms with Crippen LogP contribution < -0.4 is 0 Å². The van der Waals surface area contributed by atoms with E-state index in [1.165, 1.54) is 43.3 Å². The lowest BCUT2D eigenvalue weighted by molar-refractivity contribution is 0.257. The van der Waals surface area contributed by atoms with Gasteiger partial charge in [0.25, 0.3) is 0 Å². The third-order valence-corrected chi connectivity index (χ3v) is 7.59. The zero-order valence-electron chi connectivity index (χ0n) is 14.5. The number of sulfone groups is 1. The Hall–Kier alpha value is -0.653. The van der Waals surface area contributed by atoms with Gasteiger partial charge in [-0.15, -0.1) is 0 Å². The van der Waals surface area contributed by atoms with Gasteiger partial charge in [-0.3, -0.25) is 0 Å². The topological polar surface area (TPSA) is 37.4 Å². The second-order valence-corrected chi connectivity index (χ2v) is 10.5. The number of hydrogen-bond acceptors (Lipinski definition) is 3. The number of nitrogens with zero attached hydrogens (tertiary/aromatic N) is 1. The van der Waals surface area contributed by atoms with Crippen molar-refractivity contribution in [3.05, 3.63) is 29.8 Å². The van der Waals surface area contributed by atoms with E-state index in [1.807, 2.05) is 12.1 Å². The van der Waals surface area contributed by atoms with Crippen LogP contribution in [0.1, 0.15) is 32.3 Å². The summed E-state index contributed by atoms with van der Waals surface area (Å²) in [7, 11) is -0.714. The number of benzene rings is 1. The first-order chi connectivity index (χ1) is 10.3. The van der Waals surface area contributed by atoms with Gasteiger partial charge in [0.1, 0.15) is 0 Å². The maximum absolute atomic E-state index is 11.5. The summed E-state index contributed by atoms with van der Waals surface area (Å²) in [6.45, 7) is 5.68. The van der Waals surface area contributed by atoms with Crippen molar-refractivity contribution < 1.29 is 8.42 Å². The highest BCUT2D eigenvalue weighted by Gasteiger charge is 2.11. The van der Waals surface area contributed by atoms with E-state index in [1.54, 1.807) is 12.1 Å². The molecule has 1 rings (SSSR count). The molecular formula is C17H31NO2SSi. The zero-order chi connectivity index (χ0) is 16.6. The molecule has 0 aliphatic carbocycles. The van der Waals surface area contributed by atoms with Gasteiger partial charge in [0, 0.05) is 21.8 Å². The van der Waals surface area contributed by atoms with Gasteiger partial charge in [0.15, 0.2) is 9.84 Å². The maximum Gasteiger partial charge on any atom is 0.175 e. The van der Waals surface area contributed by atoms with Crippen LogP contribution in [0.15, 0.2) is 29.2 Å². The largest absolute Gasteiger partial charge is 0.303 e. The third kappa shape index (κ3) is 7.07. The molecule has 3 nitrogen and oxygen atoms in total. The first-order valence-electron chi connectivity index (χ1n) is 8.33. The van der Waals surface area contributed by atoms with Gasteiger partial charge in [-0.25, -0.2) is 8.42 Å². The van der Waals surface area contributed by atoms with Crippen molar-refractivity contribution in [2.45, 2.75) is 56.1 Å². The van der Waals surface area contributed by atoms with Crippen LogP contribution in [0.4, 0.5) is 0 Å². The van der Waals surface area contributed by atoms with E-state index in [4.69, 9.17) is 0 Å². The summed E-state index contributed by atoms with van der Waals surface area (Å²) < 4.78 is 22.9. The van der Waals surface area contributed by atoms with Crippen molar-refractivity contribution in [2.24, 2.45) is 0 Å². The molecule has 22 heavy (non-hydrogen) atoms. The Morgan fingerprint density at radius 1 is 1.18 bits per heavy atom. The van der Waals surface area contributed by atoms with Gasteiger partial charge in [-0.1, -0.05) is 37.6 Å². The molecular weight excluding hydrogens is 310 g/mol. The molecule has 1 unspecified atom stereocenters. The molecule has 0 spiro atoms. The molecule has 0 radical (unpaired) electrons. The molecule has 0 saturated heterocycles. The van der Waals surface area contributed by atoms with Crippen LogP contribution >= 0.6 is 0 Å². The lowest BCUT2D eigenvalue weighted by Gasteiger charge is -2.24. The average Bonchev–Trinajstić information content (AvgIpc) is 2.46. The van der Waals surface area contributed by atoms with Crippen molar-refractivity contribution >= 4 is 19.4 Å². The number of rotatable bonds is 10. The minimum absolute atomic E-state index is 0.185.